The Bertz CT molecular complexity index is 966. The van der Waals surface area contributed by atoms with E-state index in [1.165, 1.54) is 11.1 Å². The average molecular weight is 356 g/mol. The lowest BCUT2D eigenvalue weighted by Crippen LogP contribution is -2.39. The first-order valence-corrected chi connectivity index (χ1v) is 8.58. The first-order chi connectivity index (χ1) is 12.1. The lowest BCUT2D eigenvalue weighted by molar-refractivity contribution is 0.0671. The number of halogens is 1. The summed E-state index contributed by atoms with van der Waals surface area (Å²) in [7, 11) is 1.57. The van der Waals surface area contributed by atoms with Gasteiger partial charge in [0.2, 0.25) is 0 Å². The van der Waals surface area contributed by atoms with Gasteiger partial charge in [-0.2, -0.15) is 5.10 Å². The van der Waals surface area contributed by atoms with E-state index in [1.807, 2.05) is 17.0 Å². The highest BCUT2D eigenvalue weighted by Gasteiger charge is 2.29. The highest BCUT2D eigenvalue weighted by atomic mass is 35.5. The number of fused-ring (bicyclic) bond motifs is 2. The second kappa shape index (κ2) is 6.08. The van der Waals surface area contributed by atoms with Crippen LogP contribution in [0.4, 0.5) is 0 Å². The van der Waals surface area contributed by atoms with Crippen molar-refractivity contribution in [2.45, 2.75) is 19.4 Å². The molecule has 0 bridgehead atoms. The molecule has 6 heteroatoms. The highest BCUT2D eigenvalue weighted by molar-refractivity contribution is 6.30. The summed E-state index contributed by atoms with van der Waals surface area (Å²) < 4.78 is 6.94. The molecule has 0 spiro atoms. The van der Waals surface area contributed by atoms with Gasteiger partial charge in [0.1, 0.15) is 11.3 Å². The number of nitrogens with zero attached hydrogens (tertiary/aromatic N) is 3. The predicted molar refractivity (Wildman–Crippen MR) is 96.4 cm³/mol. The molecular formula is C19H18ClN3O2. The van der Waals surface area contributed by atoms with Gasteiger partial charge >= 0.3 is 0 Å². The summed E-state index contributed by atoms with van der Waals surface area (Å²) in [6.45, 7) is 2.74. The zero-order valence-corrected chi connectivity index (χ0v) is 14.8. The number of ether oxygens (including phenoxy) is 1. The van der Waals surface area contributed by atoms with E-state index >= 15 is 0 Å². The van der Waals surface area contributed by atoms with Crippen molar-refractivity contribution >= 4 is 23.0 Å². The van der Waals surface area contributed by atoms with Crippen LogP contribution in [0.5, 0.6) is 5.75 Å². The predicted octanol–water partition coefficient (Wildman–Crippen LogP) is 3.76. The van der Waals surface area contributed by atoms with Crippen LogP contribution >= 0.6 is 11.6 Å². The molecule has 4 rings (SSSR count). The number of hydrogen-bond acceptors (Lipinski definition) is 3. The highest BCUT2D eigenvalue weighted by Crippen LogP contribution is 2.31. The summed E-state index contributed by atoms with van der Waals surface area (Å²) in [4.78, 5) is 14.9. The molecule has 128 valence electrons. The van der Waals surface area contributed by atoms with Crippen molar-refractivity contribution in [3.63, 3.8) is 0 Å². The fourth-order valence-corrected chi connectivity index (χ4v) is 3.69. The Balaban J connectivity index is 1.71. The van der Waals surface area contributed by atoms with Crippen LogP contribution in [0.25, 0.3) is 5.52 Å². The average Bonchev–Trinajstić information content (AvgIpc) is 3.05. The summed E-state index contributed by atoms with van der Waals surface area (Å²) in [5, 5.41) is 4.91. The third-order valence-electron chi connectivity index (χ3n) is 4.80. The number of aromatic nitrogens is 2. The summed E-state index contributed by atoms with van der Waals surface area (Å²) in [6.07, 6.45) is 2.53. The Morgan fingerprint density at radius 1 is 1.32 bits per heavy atom. The van der Waals surface area contributed by atoms with Crippen molar-refractivity contribution in [2.24, 2.45) is 0 Å². The number of pyridine rings is 1. The molecule has 1 atom stereocenters. The Morgan fingerprint density at radius 3 is 2.92 bits per heavy atom. The molecule has 1 unspecified atom stereocenters. The van der Waals surface area contributed by atoms with Gasteiger partial charge in [0.15, 0.2) is 5.69 Å². The van der Waals surface area contributed by atoms with E-state index in [4.69, 9.17) is 16.3 Å². The van der Waals surface area contributed by atoms with E-state index < -0.39 is 0 Å². The van der Waals surface area contributed by atoms with Crippen LogP contribution in [0.2, 0.25) is 5.02 Å². The molecule has 1 aliphatic heterocycles. The first kappa shape index (κ1) is 16.0. The van der Waals surface area contributed by atoms with Crippen LogP contribution in [-0.2, 0) is 6.42 Å². The van der Waals surface area contributed by atoms with Crippen LogP contribution in [0.3, 0.4) is 0 Å². The van der Waals surface area contributed by atoms with Crippen molar-refractivity contribution in [3.05, 3.63) is 64.4 Å². The molecule has 0 aliphatic carbocycles. The SMILES string of the molecule is COc1cc(Cl)cn2nc(C(=O)N3CCc4ccccc4C3C)cc12. The molecule has 1 aliphatic rings. The number of carbonyl (C=O) groups is 1. The van der Waals surface area contributed by atoms with Gasteiger partial charge in [-0.1, -0.05) is 35.9 Å². The zero-order valence-electron chi connectivity index (χ0n) is 14.1. The summed E-state index contributed by atoms with van der Waals surface area (Å²) in [6, 6.07) is 11.8. The maximum atomic E-state index is 13.1. The molecule has 0 fully saturated rings. The molecule has 1 aromatic carbocycles. The number of hydrogen-bond donors (Lipinski definition) is 0. The molecule has 5 nitrogen and oxygen atoms in total. The Labute approximate surface area is 150 Å². The molecule has 0 N–H and O–H groups in total. The Hall–Kier alpha value is -2.53. The van der Waals surface area contributed by atoms with Gasteiger partial charge < -0.3 is 9.64 Å². The van der Waals surface area contributed by atoms with Crippen molar-refractivity contribution < 1.29 is 9.53 Å². The normalized spacial score (nSPS) is 16.8. The lowest BCUT2D eigenvalue weighted by Gasteiger charge is -2.34. The van der Waals surface area contributed by atoms with Crippen LogP contribution in [-0.4, -0.2) is 34.1 Å². The minimum absolute atomic E-state index is 0.0211. The van der Waals surface area contributed by atoms with E-state index in [0.717, 1.165) is 11.9 Å². The van der Waals surface area contributed by atoms with Gasteiger partial charge in [0.25, 0.3) is 5.91 Å². The maximum Gasteiger partial charge on any atom is 0.274 e. The monoisotopic (exact) mass is 355 g/mol. The topological polar surface area (TPSA) is 46.8 Å². The van der Waals surface area contributed by atoms with Crippen molar-refractivity contribution in [3.8, 4) is 5.75 Å². The molecular weight excluding hydrogens is 338 g/mol. The van der Waals surface area contributed by atoms with E-state index in [1.54, 1.807) is 30.0 Å². The first-order valence-electron chi connectivity index (χ1n) is 8.20. The van der Waals surface area contributed by atoms with Gasteiger partial charge in [-0.15, -0.1) is 0 Å². The molecule has 3 heterocycles. The number of benzene rings is 1. The minimum atomic E-state index is -0.0797. The minimum Gasteiger partial charge on any atom is -0.494 e. The van der Waals surface area contributed by atoms with Crippen LogP contribution < -0.4 is 4.74 Å². The van der Waals surface area contributed by atoms with Gasteiger partial charge in [-0.25, -0.2) is 4.52 Å². The fourth-order valence-electron chi connectivity index (χ4n) is 3.49. The largest absolute Gasteiger partial charge is 0.494 e. The van der Waals surface area contributed by atoms with E-state index in [9.17, 15) is 4.79 Å². The smallest absolute Gasteiger partial charge is 0.274 e. The summed E-state index contributed by atoms with van der Waals surface area (Å²) in [5.41, 5.74) is 3.63. The van der Waals surface area contributed by atoms with Crippen molar-refractivity contribution in [2.75, 3.05) is 13.7 Å². The summed E-state index contributed by atoms with van der Waals surface area (Å²) in [5.74, 6) is 0.514. The molecule has 3 aromatic rings. The molecule has 0 saturated carbocycles. The zero-order chi connectivity index (χ0) is 17.6. The number of methoxy groups -OCH3 is 1. The number of carbonyl (C=O) groups excluding carboxylic acids is 1. The molecule has 0 radical (unpaired) electrons. The quantitative estimate of drug-likeness (QED) is 0.703. The van der Waals surface area contributed by atoms with E-state index in [2.05, 4.69) is 24.2 Å². The second-order valence-electron chi connectivity index (χ2n) is 6.21. The van der Waals surface area contributed by atoms with Crippen LogP contribution in [0.15, 0.2) is 42.6 Å². The number of amides is 1. The van der Waals surface area contributed by atoms with E-state index in [-0.39, 0.29) is 11.9 Å². The lowest BCUT2D eigenvalue weighted by atomic mass is 9.93. The van der Waals surface area contributed by atoms with E-state index in [0.29, 0.717) is 23.0 Å². The molecule has 1 amide bonds. The fraction of sp³-hybridized carbons (Fsp3) is 0.263. The van der Waals surface area contributed by atoms with Gasteiger partial charge in [0.05, 0.1) is 18.2 Å². The second-order valence-corrected chi connectivity index (χ2v) is 6.65. The molecule has 25 heavy (non-hydrogen) atoms. The number of rotatable bonds is 2. The Kier molecular flexibility index (Phi) is 3.88. The standard InChI is InChI=1S/C19H18ClN3O2/c1-12-15-6-4-3-5-13(15)7-8-22(12)19(24)16-10-17-18(25-2)9-14(20)11-23(17)21-16/h3-6,9-12H,7-8H2,1-2H3. The van der Waals surface area contributed by atoms with Gasteiger partial charge in [0, 0.05) is 24.9 Å². The van der Waals surface area contributed by atoms with Crippen LogP contribution in [0, 0.1) is 0 Å². The third-order valence-corrected chi connectivity index (χ3v) is 5.00. The molecule has 2 aromatic heterocycles. The van der Waals surface area contributed by atoms with Gasteiger partial charge in [-0.3, -0.25) is 4.79 Å². The third kappa shape index (κ3) is 2.65. The maximum absolute atomic E-state index is 13.1. The Morgan fingerprint density at radius 2 is 2.12 bits per heavy atom. The van der Waals surface area contributed by atoms with Crippen LogP contribution in [0.1, 0.15) is 34.6 Å². The van der Waals surface area contributed by atoms with Crippen molar-refractivity contribution in [1.82, 2.24) is 14.5 Å². The van der Waals surface area contributed by atoms with Crippen molar-refractivity contribution in [1.29, 1.82) is 0 Å². The van der Waals surface area contributed by atoms with Gasteiger partial charge in [-0.05, 0) is 24.5 Å². The summed E-state index contributed by atoms with van der Waals surface area (Å²) >= 11 is 6.08. The molecule has 0 saturated heterocycles.